The van der Waals surface area contributed by atoms with Crippen molar-refractivity contribution in [2.45, 2.75) is 42.2 Å². The highest BCUT2D eigenvalue weighted by atomic mass is 32.2. The van der Waals surface area contributed by atoms with Crippen molar-refractivity contribution in [1.82, 2.24) is 4.98 Å². The van der Waals surface area contributed by atoms with E-state index in [0.29, 0.717) is 5.52 Å². The molecule has 0 amide bonds. The number of carbonyl (C=O) groups is 1. The number of hydrogen-bond acceptors (Lipinski definition) is 6. The lowest BCUT2D eigenvalue weighted by Gasteiger charge is -2.32. The monoisotopic (exact) mass is 445 g/mol. The molecular formula is C22H23NO5S2. The van der Waals surface area contributed by atoms with E-state index in [1.807, 2.05) is 12.1 Å². The molecule has 1 aliphatic heterocycles. The maximum Gasteiger partial charge on any atom is 0.325 e. The van der Waals surface area contributed by atoms with Crippen molar-refractivity contribution in [2.24, 2.45) is 0 Å². The van der Waals surface area contributed by atoms with Gasteiger partial charge in [0.25, 0.3) is 0 Å². The van der Waals surface area contributed by atoms with E-state index in [-0.39, 0.29) is 31.0 Å². The number of aliphatic carboxylic acids is 1. The quantitative estimate of drug-likeness (QED) is 0.607. The van der Waals surface area contributed by atoms with Gasteiger partial charge in [0.2, 0.25) is 0 Å². The maximum atomic E-state index is 13.3. The molecule has 0 radical (unpaired) electrons. The number of nitrogens with zero attached hydrogens (tertiary/aromatic N) is 1. The first-order valence-corrected chi connectivity index (χ1v) is 12.2. The van der Waals surface area contributed by atoms with Crippen LogP contribution in [0, 0.1) is 0 Å². The van der Waals surface area contributed by atoms with Gasteiger partial charge in [0.15, 0.2) is 14.6 Å². The highest BCUT2D eigenvalue weighted by Gasteiger charge is 2.52. The predicted molar refractivity (Wildman–Crippen MR) is 117 cm³/mol. The van der Waals surface area contributed by atoms with Gasteiger partial charge in [-0.1, -0.05) is 37.6 Å². The second kappa shape index (κ2) is 8.09. The van der Waals surface area contributed by atoms with Crippen molar-refractivity contribution in [1.29, 1.82) is 0 Å². The van der Waals surface area contributed by atoms with Crippen LogP contribution in [-0.4, -0.2) is 42.4 Å². The van der Waals surface area contributed by atoms with E-state index in [1.165, 1.54) is 23.0 Å². The third-order valence-electron chi connectivity index (χ3n) is 5.61. The minimum Gasteiger partial charge on any atom is -0.480 e. The van der Waals surface area contributed by atoms with E-state index in [4.69, 9.17) is 4.74 Å². The molecule has 4 rings (SSSR count). The van der Waals surface area contributed by atoms with E-state index in [2.05, 4.69) is 24.0 Å². The Morgan fingerprint density at radius 2 is 1.87 bits per heavy atom. The van der Waals surface area contributed by atoms with Crippen LogP contribution < -0.4 is 0 Å². The summed E-state index contributed by atoms with van der Waals surface area (Å²) in [6.45, 7) is 2.38. The molecule has 158 valence electrons. The van der Waals surface area contributed by atoms with Gasteiger partial charge >= 0.3 is 5.97 Å². The van der Waals surface area contributed by atoms with Crippen molar-refractivity contribution >= 4 is 37.4 Å². The highest BCUT2D eigenvalue weighted by Crippen LogP contribution is 2.38. The number of sulfone groups is 1. The number of hydrogen-bond donors (Lipinski definition) is 1. The Bertz CT molecular complexity index is 1180. The van der Waals surface area contributed by atoms with E-state index in [9.17, 15) is 18.3 Å². The van der Waals surface area contributed by atoms with E-state index in [1.54, 1.807) is 12.1 Å². The molecule has 0 unspecified atom stereocenters. The largest absolute Gasteiger partial charge is 0.480 e. The SMILES string of the molecule is CCCc1ccc(-c2nc3ccc(S(=O)(=O)C4(C(=O)O)CCOCC4)cc3s2)cc1. The molecule has 1 N–H and O–H groups in total. The van der Waals surface area contributed by atoms with Gasteiger partial charge in [0, 0.05) is 31.6 Å². The van der Waals surface area contributed by atoms with E-state index in [0.717, 1.165) is 28.1 Å². The Hall–Kier alpha value is -2.29. The molecule has 0 atom stereocenters. The van der Waals surface area contributed by atoms with Gasteiger partial charge in [-0.15, -0.1) is 11.3 Å². The van der Waals surface area contributed by atoms with Crippen LogP contribution in [-0.2, 0) is 25.8 Å². The minimum atomic E-state index is -4.08. The lowest BCUT2D eigenvalue weighted by Crippen LogP contribution is -2.50. The Morgan fingerprint density at radius 1 is 1.17 bits per heavy atom. The van der Waals surface area contributed by atoms with Crippen molar-refractivity contribution in [3.05, 3.63) is 48.0 Å². The first-order chi connectivity index (χ1) is 14.4. The minimum absolute atomic E-state index is 0.0211. The average Bonchev–Trinajstić information content (AvgIpc) is 3.18. The lowest BCUT2D eigenvalue weighted by molar-refractivity contribution is -0.142. The summed E-state index contributed by atoms with van der Waals surface area (Å²) < 4.78 is 30.7. The highest BCUT2D eigenvalue weighted by molar-refractivity contribution is 7.93. The summed E-state index contributed by atoms with van der Waals surface area (Å²) in [4.78, 5) is 16.6. The molecule has 0 aliphatic carbocycles. The summed E-state index contributed by atoms with van der Waals surface area (Å²) in [6, 6.07) is 12.9. The van der Waals surface area contributed by atoms with Crippen LogP contribution in [0.5, 0.6) is 0 Å². The number of fused-ring (bicyclic) bond motifs is 1. The van der Waals surface area contributed by atoms with Crippen molar-refractivity contribution in [3.63, 3.8) is 0 Å². The molecule has 30 heavy (non-hydrogen) atoms. The van der Waals surface area contributed by atoms with Crippen LogP contribution in [0.1, 0.15) is 31.7 Å². The number of carboxylic acid groups (broad SMARTS) is 1. The number of carboxylic acids is 1. The topological polar surface area (TPSA) is 93.6 Å². The van der Waals surface area contributed by atoms with Crippen LogP contribution in [0.25, 0.3) is 20.8 Å². The first kappa shape index (κ1) is 21.0. The van der Waals surface area contributed by atoms with Crippen LogP contribution in [0.4, 0.5) is 0 Å². The molecule has 1 saturated heterocycles. The van der Waals surface area contributed by atoms with Crippen LogP contribution in [0.15, 0.2) is 47.4 Å². The normalized spacial score (nSPS) is 16.6. The fraction of sp³-hybridized carbons (Fsp3) is 0.364. The third kappa shape index (κ3) is 3.53. The van der Waals surface area contributed by atoms with Gasteiger partial charge in [-0.2, -0.15) is 0 Å². The Balaban J connectivity index is 1.72. The molecule has 0 bridgehead atoms. The molecule has 6 nitrogen and oxygen atoms in total. The molecule has 0 saturated carbocycles. The fourth-order valence-corrected chi connectivity index (χ4v) is 6.81. The molecule has 8 heteroatoms. The standard InChI is InChI=1S/C22H23NO5S2/c1-2-3-15-4-6-16(7-5-15)20-23-18-9-8-17(14-19(18)29-20)30(26,27)22(21(24)25)10-12-28-13-11-22/h4-9,14H,2-3,10-13H2,1H3,(H,24,25). The second-order valence-electron chi connectivity index (χ2n) is 7.51. The van der Waals surface area contributed by atoms with Gasteiger partial charge in [0.05, 0.1) is 15.1 Å². The van der Waals surface area contributed by atoms with Gasteiger partial charge in [-0.3, -0.25) is 4.79 Å². The van der Waals surface area contributed by atoms with Crippen molar-refractivity contribution < 1.29 is 23.1 Å². The molecule has 3 aromatic rings. The molecule has 1 aliphatic rings. The maximum absolute atomic E-state index is 13.3. The van der Waals surface area contributed by atoms with Gasteiger partial charge in [-0.25, -0.2) is 13.4 Å². The predicted octanol–water partition coefficient (Wildman–Crippen LogP) is 4.32. The zero-order valence-corrected chi connectivity index (χ0v) is 18.3. The number of thiazole rings is 1. The fourth-order valence-electron chi connectivity index (χ4n) is 3.82. The van der Waals surface area contributed by atoms with Crippen LogP contribution >= 0.6 is 11.3 Å². The zero-order chi connectivity index (χ0) is 21.4. The lowest BCUT2D eigenvalue weighted by atomic mass is 9.99. The molecule has 2 heterocycles. The van der Waals surface area contributed by atoms with E-state index < -0.39 is 20.6 Å². The Labute approximate surface area is 179 Å². The van der Waals surface area contributed by atoms with Crippen molar-refractivity contribution in [2.75, 3.05) is 13.2 Å². The van der Waals surface area contributed by atoms with Gasteiger partial charge in [-0.05, 0) is 30.2 Å². The number of ether oxygens (including phenoxy) is 1. The first-order valence-electron chi connectivity index (χ1n) is 9.93. The summed E-state index contributed by atoms with van der Waals surface area (Å²) in [5, 5.41) is 10.6. The molecule has 2 aromatic carbocycles. The smallest absolute Gasteiger partial charge is 0.325 e. The van der Waals surface area contributed by atoms with Crippen LogP contribution in [0.3, 0.4) is 0 Å². The molecule has 0 spiro atoms. The summed E-state index contributed by atoms with van der Waals surface area (Å²) >= 11 is 1.41. The molecule has 1 aromatic heterocycles. The van der Waals surface area contributed by atoms with Gasteiger partial charge < -0.3 is 9.84 Å². The Morgan fingerprint density at radius 3 is 2.50 bits per heavy atom. The Kier molecular flexibility index (Phi) is 5.65. The van der Waals surface area contributed by atoms with E-state index >= 15 is 0 Å². The second-order valence-corrected chi connectivity index (χ2v) is 10.8. The summed E-state index contributed by atoms with van der Waals surface area (Å²) in [6.07, 6.45) is 2.00. The number of rotatable bonds is 6. The number of aryl methyl sites for hydroxylation is 1. The molecule has 1 fully saturated rings. The number of aromatic nitrogens is 1. The number of benzene rings is 2. The summed E-state index contributed by atoms with van der Waals surface area (Å²) in [5.41, 5.74) is 2.95. The third-order valence-corrected chi connectivity index (χ3v) is 9.17. The average molecular weight is 446 g/mol. The van der Waals surface area contributed by atoms with Crippen molar-refractivity contribution in [3.8, 4) is 10.6 Å². The zero-order valence-electron chi connectivity index (χ0n) is 16.6. The summed E-state index contributed by atoms with van der Waals surface area (Å²) in [5.74, 6) is -1.32. The van der Waals surface area contributed by atoms with Crippen LogP contribution in [0.2, 0.25) is 0 Å². The summed E-state index contributed by atoms with van der Waals surface area (Å²) in [7, 11) is -4.08. The molecular weight excluding hydrogens is 422 g/mol. The van der Waals surface area contributed by atoms with Gasteiger partial charge in [0.1, 0.15) is 5.01 Å².